The average Bonchev–Trinajstić information content (AvgIpc) is 2.19. The SMILES string of the molecule is CC1(C)/C(=C/N=O)N(O)C(C)(C)N1O. The second kappa shape index (κ2) is 3.01. The van der Waals surface area contributed by atoms with Gasteiger partial charge in [-0.2, -0.15) is 5.06 Å². The van der Waals surface area contributed by atoms with Gasteiger partial charge in [-0.1, -0.05) is 0 Å². The van der Waals surface area contributed by atoms with Crippen molar-refractivity contribution < 1.29 is 10.4 Å². The first-order valence-corrected chi connectivity index (χ1v) is 4.27. The molecule has 0 unspecified atom stereocenters. The summed E-state index contributed by atoms with van der Waals surface area (Å²) in [4.78, 5) is 10.1. The molecule has 14 heavy (non-hydrogen) atoms. The quantitative estimate of drug-likeness (QED) is 0.629. The topological polar surface area (TPSA) is 76.4 Å². The van der Waals surface area contributed by atoms with Gasteiger partial charge >= 0.3 is 0 Å². The number of nitrogens with zero attached hydrogens (tertiary/aromatic N) is 3. The maximum atomic E-state index is 10.1. The van der Waals surface area contributed by atoms with Gasteiger partial charge < -0.3 is 5.21 Å². The number of hydrogen-bond donors (Lipinski definition) is 2. The van der Waals surface area contributed by atoms with Crippen LogP contribution in [0.1, 0.15) is 27.7 Å². The predicted molar refractivity (Wildman–Crippen MR) is 49.3 cm³/mol. The second-order valence-corrected chi connectivity index (χ2v) is 4.30. The molecule has 0 atom stereocenters. The van der Waals surface area contributed by atoms with E-state index < -0.39 is 11.2 Å². The van der Waals surface area contributed by atoms with Crippen LogP contribution in [0.2, 0.25) is 0 Å². The Hall–Kier alpha value is -0.980. The Morgan fingerprint density at radius 2 is 1.79 bits per heavy atom. The summed E-state index contributed by atoms with van der Waals surface area (Å²) in [6, 6.07) is 0. The van der Waals surface area contributed by atoms with E-state index in [4.69, 9.17) is 0 Å². The van der Waals surface area contributed by atoms with E-state index in [1.165, 1.54) is 0 Å². The van der Waals surface area contributed by atoms with Gasteiger partial charge in [-0.15, -0.1) is 4.91 Å². The van der Waals surface area contributed by atoms with Crippen molar-refractivity contribution in [2.24, 2.45) is 5.18 Å². The normalized spacial score (nSPS) is 28.4. The molecule has 0 saturated carbocycles. The monoisotopic (exact) mass is 201 g/mol. The molecule has 0 radical (unpaired) electrons. The largest absolute Gasteiger partial charge is 0.311 e. The van der Waals surface area contributed by atoms with Gasteiger partial charge in [-0.05, 0) is 32.9 Å². The molecular formula is C8H15N3O3. The van der Waals surface area contributed by atoms with E-state index in [-0.39, 0.29) is 5.70 Å². The minimum absolute atomic E-state index is 0.264. The third kappa shape index (κ3) is 1.23. The molecule has 0 amide bonds. The zero-order valence-electron chi connectivity index (χ0n) is 8.72. The molecule has 1 aliphatic heterocycles. The molecule has 1 heterocycles. The van der Waals surface area contributed by atoms with Crippen molar-refractivity contribution in [3.8, 4) is 0 Å². The van der Waals surface area contributed by atoms with Gasteiger partial charge in [-0.25, -0.2) is 5.06 Å². The molecule has 0 bridgehead atoms. The van der Waals surface area contributed by atoms with Crippen LogP contribution in [0.4, 0.5) is 0 Å². The molecular weight excluding hydrogens is 186 g/mol. The maximum absolute atomic E-state index is 10.1. The van der Waals surface area contributed by atoms with E-state index in [9.17, 15) is 15.3 Å². The third-order valence-electron chi connectivity index (χ3n) is 2.60. The van der Waals surface area contributed by atoms with Crippen LogP contribution in [-0.4, -0.2) is 31.7 Å². The molecule has 1 aliphatic rings. The first-order chi connectivity index (χ1) is 6.26. The first-order valence-electron chi connectivity index (χ1n) is 4.27. The molecule has 80 valence electrons. The fourth-order valence-corrected chi connectivity index (χ4v) is 1.70. The van der Waals surface area contributed by atoms with Crippen LogP contribution in [0.3, 0.4) is 0 Å². The lowest BCUT2D eigenvalue weighted by Gasteiger charge is -2.33. The Labute approximate surface area is 82.3 Å². The molecule has 0 spiro atoms. The van der Waals surface area contributed by atoms with Gasteiger partial charge in [0.05, 0.1) is 17.4 Å². The number of nitroso groups, excluding NO2 is 1. The van der Waals surface area contributed by atoms with E-state index in [1.807, 2.05) is 0 Å². The lowest BCUT2D eigenvalue weighted by Crippen LogP contribution is -2.49. The number of hydrogen-bond acceptors (Lipinski definition) is 6. The van der Waals surface area contributed by atoms with Crippen LogP contribution in [0.15, 0.2) is 17.1 Å². The molecule has 1 fully saturated rings. The van der Waals surface area contributed by atoms with Crippen molar-refractivity contribution in [1.29, 1.82) is 0 Å². The molecule has 1 rings (SSSR count). The van der Waals surface area contributed by atoms with E-state index >= 15 is 0 Å². The van der Waals surface area contributed by atoms with Crippen molar-refractivity contribution in [3.63, 3.8) is 0 Å². The molecule has 0 aromatic heterocycles. The predicted octanol–water partition coefficient (Wildman–Crippen LogP) is 1.50. The van der Waals surface area contributed by atoms with Crippen molar-refractivity contribution in [2.75, 3.05) is 0 Å². The van der Waals surface area contributed by atoms with Crippen LogP contribution >= 0.6 is 0 Å². The van der Waals surface area contributed by atoms with Crippen LogP contribution < -0.4 is 0 Å². The summed E-state index contributed by atoms with van der Waals surface area (Å²) < 4.78 is 0. The highest BCUT2D eigenvalue weighted by atomic mass is 16.6. The zero-order valence-corrected chi connectivity index (χ0v) is 8.72. The van der Waals surface area contributed by atoms with E-state index in [0.29, 0.717) is 0 Å². The Balaban J connectivity index is 3.23. The maximum Gasteiger partial charge on any atom is 0.136 e. The average molecular weight is 201 g/mol. The molecule has 6 nitrogen and oxygen atoms in total. The summed E-state index contributed by atoms with van der Waals surface area (Å²) in [6.45, 7) is 6.62. The van der Waals surface area contributed by atoms with Gasteiger partial charge in [-0.3, -0.25) is 5.21 Å². The van der Waals surface area contributed by atoms with Crippen LogP contribution in [0, 0.1) is 4.91 Å². The summed E-state index contributed by atoms with van der Waals surface area (Å²) in [7, 11) is 0. The lowest BCUT2D eigenvalue weighted by atomic mass is 10.0. The molecule has 0 aliphatic carbocycles. The summed E-state index contributed by atoms with van der Waals surface area (Å²) in [6.07, 6.45) is 0.998. The summed E-state index contributed by atoms with van der Waals surface area (Å²) in [5.74, 6) is 0. The molecule has 0 aromatic rings. The minimum Gasteiger partial charge on any atom is -0.311 e. The smallest absolute Gasteiger partial charge is 0.136 e. The molecule has 0 aromatic carbocycles. The van der Waals surface area contributed by atoms with E-state index in [2.05, 4.69) is 5.18 Å². The Morgan fingerprint density at radius 3 is 2.07 bits per heavy atom. The highest BCUT2D eigenvalue weighted by Gasteiger charge is 2.53. The minimum atomic E-state index is -0.972. The fraction of sp³-hybridized carbons (Fsp3) is 0.750. The fourth-order valence-electron chi connectivity index (χ4n) is 1.70. The van der Waals surface area contributed by atoms with Gasteiger partial charge in [0, 0.05) is 0 Å². The Morgan fingerprint density at radius 1 is 1.29 bits per heavy atom. The standard InChI is InChI=1S/C8H15N3O3/c1-7(2)6(5-9-12)10(13)8(3,4)11(7)14/h5,13-14H,1-4H3/b6-5-. The van der Waals surface area contributed by atoms with Crippen LogP contribution in [0.25, 0.3) is 0 Å². The first kappa shape index (κ1) is 11.1. The van der Waals surface area contributed by atoms with Crippen LogP contribution in [0.5, 0.6) is 0 Å². The molecule has 2 N–H and O–H groups in total. The van der Waals surface area contributed by atoms with Crippen LogP contribution in [-0.2, 0) is 0 Å². The van der Waals surface area contributed by atoms with Crippen molar-refractivity contribution in [3.05, 3.63) is 16.8 Å². The van der Waals surface area contributed by atoms with Crippen molar-refractivity contribution in [1.82, 2.24) is 10.1 Å². The summed E-state index contributed by atoms with van der Waals surface area (Å²) in [5, 5.41) is 24.0. The lowest BCUT2D eigenvalue weighted by molar-refractivity contribution is -0.255. The summed E-state index contributed by atoms with van der Waals surface area (Å²) in [5.41, 5.74) is -1.55. The second-order valence-electron chi connectivity index (χ2n) is 4.30. The Bertz CT molecular complexity index is 286. The molecule has 6 heteroatoms. The third-order valence-corrected chi connectivity index (χ3v) is 2.60. The van der Waals surface area contributed by atoms with Gasteiger partial charge in [0.15, 0.2) is 0 Å². The van der Waals surface area contributed by atoms with Gasteiger partial charge in [0.1, 0.15) is 5.66 Å². The van der Waals surface area contributed by atoms with Crippen molar-refractivity contribution in [2.45, 2.75) is 38.9 Å². The van der Waals surface area contributed by atoms with Gasteiger partial charge in [0.2, 0.25) is 0 Å². The Kier molecular flexibility index (Phi) is 2.39. The van der Waals surface area contributed by atoms with Gasteiger partial charge in [0.25, 0.3) is 0 Å². The molecule has 1 saturated heterocycles. The zero-order chi connectivity index (χ0) is 11.1. The highest BCUT2D eigenvalue weighted by Crippen LogP contribution is 2.41. The highest BCUT2D eigenvalue weighted by molar-refractivity contribution is 5.21. The van der Waals surface area contributed by atoms with Crippen molar-refractivity contribution >= 4 is 0 Å². The van der Waals surface area contributed by atoms with E-state index in [1.54, 1.807) is 27.7 Å². The summed E-state index contributed by atoms with van der Waals surface area (Å²) >= 11 is 0. The number of rotatable bonds is 1. The number of hydroxylamine groups is 4. The van der Waals surface area contributed by atoms with E-state index in [0.717, 1.165) is 16.3 Å².